The van der Waals surface area contributed by atoms with Crippen molar-refractivity contribution < 1.29 is 28.4 Å². The molecule has 19 heavy (non-hydrogen) atoms. The van der Waals surface area contributed by atoms with Crippen LogP contribution in [0.5, 0.6) is 0 Å². The standard InChI is InChI=1S/C15H30O2Si.Li/c1-9-10-14(12(2)13(3)16)11-17-18(7,8)15(4,5)6;/h9-10,12,14,16H,3,11H2,1-2,4-8H3;/q;+1/p-1/b10-9+;/t12-,14-;/m0./s1. The minimum absolute atomic E-state index is 0. The molecule has 0 fully saturated rings. The summed E-state index contributed by atoms with van der Waals surface area (Å²) in [6.07, 6.45) is 4.04. The maximum atomic E-state index is 11.4. The van der Waals surface area contributed by atoms with Gasteiger partial charge < -0.3 is 9.53 Å². The monoisotopic (exact) mass is 276 g/mol. The maximum Gasteiger partial charge on any atom is 1.00 e. The summed E-state index contributed by atoms with van der Waals surface area (Å²) < 4.78 is 6.19. The molecule has 0 saturated carbocycles. The molecule has 0 spiro atoms. The summed E-state index contributed by atoms with van der Waals surface area (Å²) in [5, 5.41) is 11.6. The first-order chi connectivity index (χ1) is 8.03. The van der Waals surface area contributed by atoms with Crippen LogP contribution in [0.25, 0.3) is 0 Å². The molecule has 0 amide bonds. The van der Waals surface area contributed by atoms with Crippen molar-refractivity contribution in [2.24, 2.45) is 11.8 Å². The van der Waals surface area contributed by atoms with Crippen molar-refractivity contribution in [3.05, 3.63) is 24.5 Å². The van der Waals surface area contributed by atoms with Gasteiger partial charge in [0.25, 0.3) is 0 Å². The van der Waals surface area contributed by atoms with E-state index in [0.29, 0.717) is 6.61 Å². The van der Waals surface area contributed by atoms with Crippen LogP contribution in [0.4, 0.5) is 0 Å². The van der Waals surface area contributed by atoms with E-state index < -0.39 is 8.32 Å². The Kier molecular flexibility index (Phi) is 9.40. The molecule has 0 unspecified atom stereocenters. The van der Waals surface area contributed by atoms with Crippen molar-refractivity contribution in [2.45, 2.75) is 52.8 Å². The average Bonchev–Trinajstić information content (AvgIpc) is 2.21. The van der Waals surface area contributed by atoms with Gasteiger partial charge in [0.15, 0.2) is 8.32 Å². The molecule has 2 atom stereocenters. The molecule has 0 aliphatic rings. The van der Waals surface area contributed by atoms with E-state index in [1.807, 2.05) is 19.9 Å². The molecule has 0 bridgehead atoms. The van der Waals surface area contributed by atoms with Gasteiger partial charge in [-0.1, -0.05) is 39.8 Å². The van der Waals surface area contributed by atoms with E-state index >= 15 is 0 Å². The summed E-state index contributed by atoms with van der Waals surface area (Å²) in [5.74, 6) is 0.0389. The third-order valence-electron chi connectivity index (χ3n) is 4.03. The van der Waals surface area contributed by atoms with Crippen molar-refractivity contribution in [1.29, 1.82) is 0 Å². The predicted molar refractivity (Wildman–Crippen MR) is 79.8 cm³/mol. The second-order valence-corrected chi connectivity index (χ2v) is 11.3. The van der Waals surface area contributed by atoms with Gasteiger partial charge in [0, 0.05) is 12.5 Å². The van der Waals surface area contributed by atoms with Crippen molar-refractivity contribution in [3.63, 3.8) is 0 Å². The molecule has 0 radical (unpaired) electrons. The van der Waals surface area contributed by atoms with Crippen LogP contribution < -0.4 is 24.0 Å². The van der Waals surface area contributed by atoms with Crippen LogP contribution in [0.2, 0.25) is 18.1 Å². The summed E-state index contributed by atoms with van der Waals surface area (Å²) in [6.45, 7) is 19.2. The molecule has 0 saturated heterocycles. The summed E-state index contributed by atoms with van der Waals surface area (Å²) in [7, 11) is -1.74. The molecule has 106 valence electrons. The number of rotatable bonds is 6. The van der Waals surface area contributed by atoms with Gasteiger partial charge in [-0.25, -0.2) is 0 Å². The normalized spacial score (nSPS) is 15.9. The third kappa shape index (κ3) is 6.85. The average molecular weight is 276 g/mol. The zero-order chi connectivity index (χ0) is 14.6. The predicted octanol–water partition coefficient (Wildman–Crippen LogP) is 0.715. The van der Waals surface area contributed by atoms with Crippen molar-refractivity contribution in [2.75, 3.05) is 6.61 Å². The van der Waals surface area contributed by atoms with E-state index in [0.717, 1.165) is 0 Å². The van der Waals surface area contributed by atoms with Crippen LogP contribution in [0.1, 0.15) is 34.6 Å². The number of allylic oxidation sites excluding steroid dienone is 2. The van der Waals surface area contributed by atoms with Crippen molar-refractivity contribution >= 4 is 8.32 Å². The van der Waals surface area contributed by atoms with Gasteiger partial charge in [-0.3, -0.25) is 0 Å². The van der Waals surface area contributed by atoms with E-state index in [1.165, 1.54) is 0 Å². The second kappa shape index (κ2) is 8.37. The fourth-order valence-electron chi connectivity index (χ4n) is 1.37. The topological polar surface area (TPSA) is 32.3 Å². The molecule has 0 aromatic heterocycles. The SMILES string of the molecule is C=C([O-])[C@H](C)[C@@H](/C=C/C)CO[Si](C)(C)C(C)(C)C.[Li+]. The molecular formula is C15H29LiO2Si. The largest absolute Gasteiger partial charge is 1.00 e. The van der Waals surface area contributed by atoms with Crippen LogP contribution in [-0.2, 0) is 4.43 Å². The van der Waals surface area contributed by atoms with Gasteiger partial charge in [0.05, 0.1) is 0 Å². The van der Waals surface area contributed by atoms with Gasteiger partial charge in [-0.05, 0) is 31.0 Å². The Morgan fingerprint density at radius 3 is 2.16 bits per heavy atom. The fourth-order valence-corrected chi connectivity index (χ4v) is 2.42. The Balaban J connectivity index is 0. The molecule has 0 aliphatic heterocycles. The van der Waals surface area contributed by atoms with Crippen LogP contribution in [0, 0.1) is 11.8 Å². The van der Waals surface area contributed by atoms with Gasteiger partial charge in [-0.2, -0.15) is 0 Å². The molecule has 0 aromatic rings. The molecule has 0 aliphatic carbocycles. The molecule has 4 heteroatoms. The van der Waals surface area contributed by atoms with Gasteiger partial charge in [0.2, 0.25) is 0 Å². The second-order valence-electron chi connectivity index (χ2n) is 6.52. The molecule has 2 nitrogen and oxygen atoms in total. The zero-order valence-electron chi connectivity index (χ0n) is 14.0. The van der Waals surface area contributed by atoms with E-state index in [-0.39, 0.29) is 41.5 Å². The summed E-state index contributed by atoms with van der Waals surface area (Å²) >= 11 is 0. The van der Waals surface area contributed by atoms with Crippen LogP contribution in [0.3, 0.4) is 0 Å². The molecule has 0 rings (SSSR count). The molecule has 0 aromatic carbocycles. The van der Waals surface area contributed by atoms with E-state index in [4.69, 9.17) is 4.43 Å². The number of hydrogen-bond acceptors (Lipinski definition) is 2. The van der Waals surface area contributed by atoms with Crippen LogP contribution in [0.15, 0.2) is 24.5 Å². The summed E-state index contributed by atoms with van der Waals surface area (Å²) in [5.41, 5.74) is 0. The van der Waals surface area contributed by atoms with E-state index in [1.54, 1.807) is 0 Å². The van der Waals surface area contributed by atoms with E-state index in [2.05, 4.69) is 46.5 Å². The molecule has 0 N–H and O–H groups in total. The Bertz CT molecular complexity index is 306. The van der Waals surface area contributed by atoms with Crippen LogP contribution in [-0.4, -0.2) is 14.9 Å². The van der Waals surface area contributed by atoms with Gasteiger partial charge in [0.1, 0.15) is 0 Å². The smallest absolute Gasteiger partial charge is 0.876 e. The summed E-state index contributed by atoms with van der Waals surface area (Å²) in [4.78, 5) is 0. The molecule has 0 heterocycles. The summed E-state index contributed by atoms with van der Waals surface area (Å²) in [6, 6.07) is 0. The first-order valence-electron chi connectivity index (χ1n) is 6.65. The Hall–Kier alpha value is 0.0543. The Morgan fingerprint density at radius 2 is 1.84 bits per heavy atom. The van der Waals surface area contributed by atoms with Crippen LogP contribution >= 0.6 is 0 Å². The molecular weight excluding hydrogens is 247 g/mol. The third-order valence-corrected chi connectivity index (χ3v) is 8.53. The van der Waals surface area contributed by atoms with Gasteiger partial charge in [-0.15, -0.1) is 12.3 Å². The quantitative estimate of drug-likeness (QED) is 0.407. The number of hydrogen-bond donors (Lipinski definition) is 0. The fraction of sp³-hybridized carbons (Fsp3) is 0.733. The minimum atomic E-state index is -1.74. The zero-order valence-corrected chi connectivity index (χ0v) is 15.0. The maximum absolute atomic E-state index is 11.4. The van der Waals surface area contributed by atoms with Crippen molar-refractivity contribution in [3.8, 4) is 0 Å². The van der Waals surface area contributed by atoms with Crippen molar-refractivity contribution in [1.82, 2.24) is 0 Å². The van der Waals surface area contributed by atoms with Gasteiger partial charge >= 0.3 is 18.9 Å². The minimum Gasteiger partial charge on any atom is -0.876 e. The van der Waals surface area contributed by atoms with E-state index in [9.17, 15) is 5.11 Å². The first kappa shape index (κ1) is 21.4. The first-order valence-corrected chi connectivity index (χ1v) is 9.56. The Morgan fingerprint density at radius 1 is 1.37 bits per heavy atom. The Labute approximate surface area is 132 Å².